The van der Waals surface area contributed by atoms with Crippen LogP contribution in [0.1, 0.15) is 17.0 Å². The number of rotatable bonds is 8. The number of carbonyl (C=O) groups excluding carboxylic acids is 1. The van der Waals surface area contributed by atoms with Gasteiger partial charge in [0.2, 0.25) is 20.0 Å². The largest absolute Gasteiger partial charge is 1.00 e. The van der Waals surface area contributed by atoms with E-state index < -0.39 is 35.9 Å². The van der Waals surface area contributed by atoms with Gasteiger partial charge in [0.25, 0.3) is 0 Å². The molecule has 0 bridgehead atoms. The maximum Gasteiger partial charge on any atom is 1.00 e. The second-order valence-electron chi connectivity index (χ2n) is 8.42. The van der Waals surface area contributed by atoms with Crippen LogP contribution in [0.4, 0.5) is 4.79 Å². The number of amides is 2. The fraction of sp³-hybridized carbons (Fsp3) is 0.160. The predicted molar refractivity (Wildman–Crippen MR) is 142 cm³/mol. The molecule has 0 radical (unpaired) electrons. The monoisotopic (exact) mass is 576 g/mol. The molecule has 2 heterocycles. The Hall–Kier alpha value is -3.07. The first kappa shape index (κ1) is 30.5. The fourth-order valence-electron chi connectivity index (χ4n) is 3.90. The molecule has 0 spiro atoms. The van der Waals surface area contributed by atoms with Gasteiger partial charge in [0, 0.05) is 11.8 Å². The van der Waals surface area contributed by atoms with Gasteiger partial charge in [-0.3, -0.25) is 4.79 Å². The fourth-order valence-corrected chi connectivity index (χ4v) is 5.45. The van der Waals surface area contributed by atoms with Crippen molar-refractivity contribution < 1.29 is 51.2 Å². The van der Waals surface area contributed by atoms with E-state index in [4.69, 9.17) is 5.14 Å². The average Bonchev–Trinajstić information content (AvgIpc) is 3.18. The molecule has 2 aromatic heterocycles. The third kappa shape index (κ3) is 7.32. The first-order valence-electron chi connectivity index (χ1n) is 11.4. The van der Waals surface area contributed by atoms with Crippen molar-refractivity contribution >= 4 is 26.1 Å². The van der Waals surface area contributed by atoms with Crippen LogP contribution in [0.15, 0.2) is 82.7 Å². The van der Waals surface area contributed by atoms with Gasteiger partial charge in [-0.1, -0.05) is 42.5 Å². The number of nitrogens with zero attached hydrogens (tertiary/aromatic N) is 4. The van der Waals surface area contributed by atoms with E-state index in [9.17, 15) is 21.6 Å². The second kappa shape index (κ2) is 12.4. The average molecular weight is 577 g/mol. The number of urea groups is 1. The molecule has 0 aliphatic rings. The van der Waals surface area contributed by atoms with Gasteiger partial charge in [-0.15, -0.1) is 0 Å². The van der Waals surface area contributed by atoms with Crippen molar-refractivity contribution in [2.75, 3.05) is 6.54 Å². The number of sulfonamides is 2. The van der Waals surface area contributed by atoms with Crippen LogP contribution in [0, 0.1) is 13.8 Å². The third-order valence-corrected chi connectivity index (χ3v) is 7.87. The van der Waals surface area contributed by atoms with E-state index in [1.807, 2.05) is 56.3 Å². The predicted octanol–water partition coefficient (Wildman–Crippen LogP) is 0.217. The van der Waals surface area contributed by atoms with Crippen molar-refractivity contribution in [1.82, 2.24) is 20.1 Å². The van der Waals surface area contributed by atoms with Gasteiger partial charge in [-0.05, 0) is 62.2 Å². The van der Waals surface area contributed by atoms with Gasteiger partial charge >= 0.3 is 29.6 Å². The van der Waals surface area contributed by atoms with E-state index in [0.717, 1.165) is 46.3 Å². The van der Waals surface area contributed by atoms with Crippen LogP contribution in [0.2, 0.25) is 0 Å². The van der Waals surface area contributed by atoms with E-state index >= 15 is 0 Å². The van der Waals surface area contributed by atoms with Crippen LogP contribution in [0.3, 0.4) is 0 Å². The van der Waals surface area contributed by atoms with Gasteiger partial charge in [0.15, 0.2) is 11.8 Å². The number of primary sulfonamides is 1. The molecule has 11 nitrogen and oxygen atoms in total. The molecule has 0 saturated heterocycles. The summed E-state index contributed by atoms with van der Waals surface area (Å²) in [6.45, 7) is 4.04. The Morgan fingerprint density at radius 2 is 1.67 bits per heavy atom. The van der Waals surface area contributed by atoms with E-state index in [1.165, 1.54) is 6.07 Å². The molecule has 14 heteroatoms. The molecule has 0 atom stereocenters. The van der Waals surface area contributed by atoms with Crippen molar-refractivity contribution in [1.29, 1.82) is 0 Å². The first-order chi connectivity index (χ1) is 18.0. The number of hydrogen-bond acceptors (Lipinski definition) is 7. The van der Waals surface area contributed by atoms with Crippen molar-refractivity contribution in [3.05, 3.63) is 94.6 Å². The maximum atomic E-state index is 12.4. The Kier molecular flexibility index (Phi) is 9.69. The summed E-state index contributed by atoms with van der Waals surface area (Å²) < 4.78 is 52.7. The Labute approximate surface area is 249 Å². The van der Waals surface area contributed by atoms with Crippen LogP contribution >= 0.6 is 0 Å². The molecule has 0 aliphatic carbocycles. The maximum absolute atomic E-state index is 12.4. The molecule has 4 rings (SSSR count). The van der Waals surface area contributed by atoms with E-state index in [0.29, 0.717) is 12.2 Å². The molecule has 39 heavy (non-hydrogen) atoms. The number of carbonyl (C=O) groups is 1. The zero-order valence-corrected chi connectivity index (χ0v) is 25.2. The number of pyridine rings is 1. The molecule has 0 aliphatic heterocycles. The first-order valence-corrected chi connectivity index (χ1v) is 14.4. The summed E-state index contributed by atoms with van der Waals surface area (Å²) in [6, 6.07) is 16.9. The van der Waals surface area contributed by atoms with Crippen LogP contribution in [-0.2, 0) is 26.5 Å². The zero-order valence-electron chi connectivity index (χ0n) is 21.6. The molecule has 0 saturated carbocycles. The third-order valence-electron chi connectivity index (χ3n) is 5.70. The molecule has 2 amide bonds. The molecular weight excluding hydrogens is 551 g/mol. The molecule has 2 aromatic carbocycles. The number of hydrogen-bond donors (Lipinski definition) is 2. The minimum atomic E-state index is -4.43. The molecule has 0 unspecified atom stereocenters. The van der Waals surface area contributed by atoms with Gasteiger partial charge in [-0.2, -0.15) is 5.10 Å². The zero-order chi connectivity index (χ0) is 27.5. The molecule has 0 fully saturated rings. The van der Waals surface area contributed by atoms with E-state index in [1.54, 1.807) is 10.9 Å². The smallest absolute Gasteiger partial charge is 0.448 e. The van der Waals surface area contributed by atoms with Crippen molar-refractivity contribution in [3.8, 4) is 16.9 Å². The summed E-state index contributed by atoms with van der Waals surface area (Å²) in [6.07, 6.45) is 2.04. The summed E-state index contributed by atoms with van der Waals surface area (Å²) in [4.78, 5) is 15.7. The number of aromatic nitrogens is 3. The molecule has 4 aromatic rings. The van der Waals surface area contributed by atoms with Crippen LogP contribution in [0.5, 0.6) is 0 Å². The molecule has 3 N–H and O–H groups in total. The Bertz CT molecular complexity index is 1690. The van der Waals surface area contributed by atoms with E-state index in [-0.39, 0.29) is 36.1 Å². The number of nitrogens with one attached hydrogen (secondary N) is 1. The minimum Gasteiger partial charge on any atom is -0.448 e. The topological polar surface area (TPSA) is 168 Å². The summed E-state index contributed by atoms with van der Waals surface area (Å²) in [5, 5.41) is 12.1. The summed E-state index contributed by atoms with van der Waals surface area (Å²) in [5.41, 5.74) is 4.78. The van der Waals surface area contributed by atoms with Gasteiger partial charge in [0.1, 0.15) is 0 Å². The Morgan fingerprint density at radius 1 is 0.974 bits per heavy atom. The summed E-state index contributed by atoms with van der Waals surface area (Å²) in [5.74, 6) is 0.642. The van der Waals surface area contributed by atoms with Crippen LogP contribution < -0.4 is 40.0 Å². The number of nitrogens with two attached hydrogens (primary N) is 1. The van der Waals surface area contributed by atoms with Gasteiger partial charge < -0.3 is 10.0 Å². The van der Waals surface area contributed by atoms with Gasteiger partial charge in [-0.25, -0.2) is 31.6 Å². The van der Waals surface area contributed by atoms with Crippen molar-refractivity contribution in [2.24, 2.45) is 5.14 Å². The van der Waals surface area contributed by atoms with E-state index in [2.05, 4.69) is 20.1 Å². The summed E-state index contributed by atoms with van der Waals surface area (Å²) in [7, 11) is -8.54. The number of aryl methyl sites for hydroxylation is 1. The molecular formula is C25H25N6NaO5S2. The standard InChI is InChI=1S/C25H26N6O5S2.Na/c1-17-24(20-7-4-3-5-8-20)18(2)31(29-17)23-12-11-19(16-28-23)13-14-27-25(32)30-38(35,36)22-10-6-9-21(15-22)37(26,33)34;/h3-12,15-16H,13-14H2,1-2H3,(H4,26,27,30,32,33,34);/q;+1/p-1. The SMILES string of the molecule is Cc1nn(-c2ccc(CCNC(=O)[N-]S(=O)(=O)c3cccc(S(N)(=O)=O)c3)cn2)c(C)c1-c1ccccc1.[Na+]. The molecule has 198 valence electrons. The van der Waals surface area contributed by atoms with Crippen molar-refractivity contribution in [2.45, 2.75) is 30.1 Å². The van der Waals surface area contributed by atoms with Crippen LogP contribution in [-0.4, -0.2) is 44.2 Å². The Morgan fingerprint density at radius 3 is 2.31 bits per heavy atom. The number of benzene rings is 2. The summed E-state index contributed by atoms with van der Waals surface area (Å²) >= 11 is 0. The second-order valence-corrected chi connectivity index (χ2v) is 11.6. The minimum absolute atomic E-state index is 0. The van der Waals surface area contributed by atoms with Crippen molar-refractivity contribution in [3.63, 3.8) is 0 Å². The van der Waals surface area contributed by atoms with Crippen LogP contribution in [0.25, 0.3) is 21.7 Å². The quantitative estimate of drug-likeness (QED) is 0.283. The Balaban J connectivity index is 0.00000420. The normalized spacial score (nSPS) is 11.5. The van der Waals surface area contributed by atoms with Gasteiger partial charge in [0.05, 0.1) is 21.2 Å².